The summed E-state index contributed by atoms with van der Waals surface area (Å²) >= 11 is 7.62. The van der Waals surface area contributed by atoms with Crippen LogP contribution in [0.4, 0.5) is 5.00 Å². The van der Waals surface area contributed by atoms with Gasteiger partial charge in [0.15, 0.2) is 0 Å². The number of hydrogen-bond acceptors (Lipinski definition) is 3. The van der Waals surface area contributed by atoms with Crippen molar-refractivity contribution < 1.29 is 4.79 Å². The van der Waals surface area contributed by atoms with Crippen molar-refractivity contribution in [2.45, 2.75) is 13.8 Å². The molecular weight excluding hydrogens is 354 g/mol. The van der Waals surface area contributed by atoms with E-state index in [1.54, 1.807) is 11.3 Å². The molecule has 0 unspecified atom stereocenters. The number of amides is 1. The monoisotopic (exact) mass is 373 g/mol. The fraction of sp³-hybridized carbons (Fsp3) is 0.316. The molecule has 1 aliphatic heterocycles. The molecule has 0 spiro atoms. The molecule has 4 nitrogen and oxygen atoms in total. The zero-order valence-electron chi connectivity index (χ0n) is 14.3. The molecule has 3 aromatic rings. The average molecular weight is 374 g/mol. The first-order valence-corrected chi connectivity index (χ1v) is 9.61. The summed E-state index contributed by atoms with van der Waals surface area (Å²) in [5, 5.41) is 2.31. The number of carbonyl (C=O) groups excluding carboxylic acids is 1. The van der Waals surface area contributed by atoms with Crippen LogP contribution in [0.15, 0.2) is 30.3 Å². The minimum absolute atomic E-state index is 0.107. The third kappa shape index (κ3) is 2.92. The van der Waals surface area contributed by atoms with Crippen LogP contribution in [-0.4, -0.2) is 42.0 Å². The molecule has 1 aromatic carbocycles. The molecule has 130 valence electrons. The lowest BCUT2D eigenvalue weighted by Crippen LogP contribution is -2.48. The number of thiophene rings is 1. The minimum atomic E-state index is 0.107. The van der Waals surface area contributed by atoms with E-state index in [0.29, 0.717) is 0 Å². The normalized spacial score (nSPS) is 15.2. The average Bonchev–Trinajstić information content (AvgIpc) is 3.18. The Balaban J connectivity index is 1.54. The maximum atomic E-state index is 13.1. The molecule has 1 saturated heterocycles. The predicted molar refractivity (Wildman–Crippen MR) is 105 cm³/mol. The number of fused-ring (bicyclic) bond motifs is 1. The maximum absolute atomic E-state index is 13.1. The zero-order valence-corrected chi connectivity index (χ0v) is 15.9. The number of H-pyrrole nitrogens is 1. The van der Waals surface area contributed by atoms with E-state index in [1.807, 2.05) is 23.1 Å². The highest BCUT2D eigenvalue weighted by Gasteiger charge is 2.24. The van der Waals surface area contributed by atoms with E-state index in [2.05, 4.69) is 35.9 Å². The van der Waals surface area contributed by atoms with Crippen molar-refractivity contribution in [3.8, 4) is 0 Å². The van der Waals surface area contributed by atoms with Gasteiger partial charge in [-0.3, -0.25) is 4.79 Å². The van der Waals surface area contributed by atoms with Crippen molar-refractivity contribution in [3.05, 3.63) is 51.5 Å². The van der Waals surface area contributed by atoms with E-state index in [4.69, 9.17) is 11.6 Å². The molecule has 0 radical (unpaired) electrons. The molecule has 0 saturated carbocycles. The highest BCUT2D eigenvalue weighted by molar-refractivity contribution is 7.19. The Bertz CT molecular complexity index is 937. The number of aromatic amines is 1. The third-order valence-electron chi connectivity index (χ3n) is 5.01. The molecule has 6 heteroatoms. The van der Waals surface area contributed by atoms with Crippen molar-refractivity contribution in [1.29, 1.82) is 0 Å². The second-order valence-electron chi connectivity index (χ2n) is 6.46. The Morgan fingerprint density at radius 3 is 2.56 bits per heavy atom. The number of rotatable bonds is 2. The Hall–Kier alpha value is -1.98. The summed E-state index contributed by atoms with van der Waals surface area (Å²) in [5.41, 5.74) is 4.05. The number of aryl methyl sites for hydroxylation is 2. The Morgan fingerprint density at radius 1 is 1.12 bits per heavy atom. The molecular formula is C19H20ClN3OS. The standard InChI is InChI=1S/C19H20ClN3OS/c1-12-13(2)21-18-14(12)4-3-5-15(18)19(24)23-10-8-22(9-11-23)17-7-6-16(20)25-17/h3-7,21H,8-11H2,1-2H3. The van der Waals surface area contributed by atoms with Crippen LogP contribution >= 0.6 is 22.9 Å². The van der Waals surface area contributed by atoms with Crippen LogP contribution in [0.2, 0.25) is 4.34 Å². The number of para-hydroxylation sites is 1. The molecule has 0 atom stereocenters. The Kier molecular flexibility index (Phi) is 4.21. The number of hydrogen-bond donors (Lipinski definition) is 1. The number of benzene rings is 1. The quantitative estimate of drug-likeness (QED) is 0.720. The first-order chi connectivity index (χ1) is 12.0. The van der Waals surface area contributed by atoms with Crippen molar-refractivity contribution in [2.24, 2.45) is 0 Å². The summed E-state index contributed by atoms with van der Waals surface area (Å²) in [4.78, 5) is 20.7. The number of aromatic nitrogens is 1. The Labute approximate surface area is 156 Å². The van der Waals surface area contributed by atoms with Crippen molar-refractivity contribution >= 4 is 44.7 Å². The molecule has 1 amide bonds. The molecule has 25 heavy (non-hydrogen) atoms. The third-order valence-corrected chi connectivity index (χ3v) is 6.30. The van der Waals surface area contributed by atoms with Crippen LogP contribution in [0, 0.1) is 13.8 Å². The maximum Gasteiger partial charge on any atom is 0.256 e. The summed E-state index contributed by atoms with van der Waals surface area (Å²) in [5.74, 6) is 0.107. The van der Waals surface area contributed by atoms with Crippen LogP contribution in [0.3, 0.4) is 0 Å². The van der Waals surface area contributed by atoms with Crippen LogP contribution in [0.25, 0.3) is 10.9 Å². The molecule has 3 heterocycles. The summed E-state index contributed by atoms with van der Waals surface area (Å²) < 4.78 is 0.803. The van der Waals surface area contributed by atoms with Gasteiger partial charge in [0.2, 0.25) is 0 Å². The molecule has 2 aromatic heterocycles. The van der Waals surface area contributed by atoms with Gasteiger partial charge in [-0.15, -0.1) is 11.3 Å². The number of nitrogens with zero attached hydrogens (tertiary/aromatic N) is 2. The highest BCUT2D eigenvalue weighted by atomic mass is 35.5. The molecule has 1 N–H and O–H groups in total. The van der Waals surface area contributed by atoms with Gasteiger partial charge in [0.05, 0.1) is 20.4 Å². The van der Waals surface area contributed by atoms with E-state index in [9.17, 15) is 4.79 Å². The van der Waals surface area contributed by atoms with E-state index in [1.165, 1.54) is 10.6 Å². The van der Waals surface area contributed by atoms with Gasteiger partial charge in [-0.25, -0.2) is 0 Å². The van der Waals surface area contributed by atoms with Gasteiger partial charge in [-0.2, -0.15) is 0 Å². The number of anilines is 1. The Morgan fingerprint density at radius 2 is 1.88 bits per heavy atom. The number of nitrogens with one attached hydrogen (secondary N) is 1. The van der Waals surface area contributed by atoms with Gasteiger partial charge in [0, 0.05) is 37.3 Å². The van der Waals surface area contributed by atoms with Gasteiger partial charge in [-0.05, 0) is 37.6 Å². The molecule has 4 rings (SSSR count). The first kappa shape index (κ1) is 16.5. The van der Waals surface area contributed by atoms with E-state index >= 15 is 0 Å². The summed E-state index contributed by atoms with van der Waals surface area (Å²) in [6, 6.07) is 9.94. The van der Waals surface area contributed by atoms with Crippen molar-refractivity contribution in [3.63, 3.8) is 0 Å². The van der Waals surface area contributed by atoms with Gasteiger partial charge < -0.3 is 14.8 Å². The van der Waals surface area contributed by atoms with Crippen LogP contribution in [0.5, 0.6) is 0 Å². The first-order valence-electron chi connectivity index (χ1n) is 8.42. The largest absolute Gasteiger partial charge is 0.360 e. The SMILES string of the molecule is Cc1[nH]c2c(C(=O)N3CCN(c4ccc(Cl)s4)CC3)cccc2c1C. The van der Waals surface area contributed by atoms with Crippen molar-refractivity contribution in [2.75, 3.05) is 31.1 Å². The van der Waals surface area contributed by atoms with E-state index < -0.39 is 0 Å². The fourth-order valence-electron chi connectivity index (χ4n) is 3.44. The molecule has 1 fully saturated rings. The summed E-state index contributed by atoms with van der Waals surface area (Å²) in [7, 11) is 0. The number of piperazine rings is 1. The molecule has 1 aliphatic rings. The fourth-order valence-corrected chi connectivity index (χ4v) is 4.52. The lowest BCUT2D eigenvalue weighted by molar-refractivity contribution is 0.0749. The zero-order chi connectivity index (χ0) is 17.6. The predicted octanol–water partition coefficient (Wildman–Crippen LogP) is 4.46. The smallest absolute Gasteiger partial charge is 0.256 e. The number of carbonyl (C=O) groups is 1. The van der Waals surface area contributed by atoms with Crippen LogP contribution in [-0.2, 0) is 0 Å². The summed E-state index contributed by atoms with van der Waals surface area (Å²) in [6.07, 6.45) is 0. The van der Waals surface area contributed by atoms with Crippen molar-refractivity contribution in [1.82, 2.24) is 9.88 Å². The lowest BCUT2D eigenvalue weighted by atomic mass is 10.1. The van der Waals surface area contributed by atoms with Gasteiger partial charge in [0.1, 0.15) is 0 Å². The van der Waals surface area contributed by atoms with E-state index in [0.717, 1.165) is 52.7 Å². The summed E-state index contributed by atoms with van der Waals surface area (Å²) in [6.45, 7) is 7.26. The van der Waals surface area contributed by atoms with Crippen LogP contribution in [0.1, 0.15) is 21.6 Å². The van der Waals surface area contributed by atoms with Gasteiger partial charge >= 0.3 is 0 Å². The van der Waals surface area contributed by atoms with Gasteiger partial charge in [0.25, 0.3) is 5.91 Å². The topological polar surface area (TPSA) is 39.3 Å². The molecule has 0 bridgehead atoms. The molecule has 0 aliphatic carbocycles. The second-order valence-corrected chi connectivity index (χ2v) is 8.15. The van der Waals surface area contributed by atoms with E-state index in [-0.39, 0.29) is 5.91 Å². The minimum Gasteiger partial charge on any atom is -0.360 e. The van der Waals surface area contributed by atoms with Gasteiger partial charge in [-0.1, -0.05) is 23.7 Å². The second kappa shape index (κ2) is 6.39. The highest BCUT2D eigenvalue weighted by Crippen LogP contribution is 2.30. The lowest BCUT2D eigenvalue weighted by Gasteiger charge is -2.35. The van der Waals surface area contributed by atoms with Crippen LogP contribution < -0.4 is 4.90 Å². The number of halogens is 1.